The van der Waals surface area contributed by atoms with Crippen molar-refractivity contribution < 1.29 is 14.3 Å². The van der Waals surface area contributed by atoms with Crippen molar-refractivity contribution in [2.75, 3.05) is 23.5 Å². The van der Waals surface area contributed by atoms with E-state index in [1.165, 1.54) is 16.2 Å². The van der Waals surface area contributed by atoms with Gasteiger partial charge in [0, 0.05) is 10.6 Å². The average molecular weight is 407 g/mol. The molecule has 2 aromatic carbocycles. The van der Waals surface area contributed by atoms with Crippen LogP contribution in [0.1, 0.15) is 22.0 Å². The molecular formula is C23H22N2O3S. The maximum atomic E-state index is 13.7. The number of hydrogen-bond acceptors (Lipinski definition) is 4. The molecule has 29 heavy (non-hydrogen) atoms. The molecule has 0 unspecified atom stereocenters. The van der Waals surface area contributed by atoms with Gasteiger partial charge in [-0.3, -0.25) is 19.4 Å². The lowest BCUT2D eigenvalue weighted by Gasteiger charge is -2.40. The van der Waals surface area contributed by atoms with Crippen molar-refractivity contribution in [2.24, 2.45) is 0 Å². The monoisotopic (exact) mass is 406 g/mol. The van der Waals surface area contributed by atoms with Crippen LogP contribution in [-0.4, -0.2) is 25.5 Å². The van der Waals surface area contributed by atoms with Gasteiger partial charge in [-0.2, -0.15) is 0 Å². The summed E-state index contributed by atoms with van der Waals surface area (Å²) >= 11 is 1.48. The van der Waals surface area contributed by atoms with Gasteiger partial charge < -0.3 is 4.74 Å². The number of carbonyl (C=O) groups excluding carboxylic acids is 2. The van der Waals surface area contributed by atoms with Crippen molar-refractivity contribution >= 4 is 34.5 Å². The Morgan fingerprint density at radius 3 is 2.48 bits per heavy atom. The largest absolute Gasteiger partial charge is 0.495 e. The average Bonchev–Trinajstić information content (AvgIpc) is 3.24. The van der Waals surface area contributed by atoms with Crippen LogP contribution in [0.2, 0.25) is 0 Å². The second kappa shape index (κ2) is 7.72. The van der Waals surface area contributed by atoms with E-state index in [1.807, 2.05) is 67.8 Å². The number of anilines is 2. The van der Waals surface area contributed by atoms with Crippen LogP contribution >= 0.6 is 11.3 Å². The molecule has 1 saturated heterocycles. The minimum atomic E-state index is -0.706. The van der Waals surface area contributed by atoms with Gasteiger partial charge in [-0.1, -0.05) is 35.9 Å². The maximum absolute atomic E-state index is 13.7. The molecule has 0 aliphatic carbocycles. The molecule has 1 atom stereocenters. The fourth-order valence-corrected chi connectivity index (χ4v) is 4.60. The Hall–Kier alpha value is -3.12. The molecule has 0 spiro atoms. The van der Waals surface area contributed by atoms with Gasteiger partial charge in [0.25, 0.3) is 5.91 Å². The molecule has 2 amide bonds. The van der Waals surface area contributed by atoms with Gasteiger partial charge in [0.05, 0.1) is 12.8 Å². The maximum Gasteiger partial charge on any atom is 0.256 e. The highest BCUT2D eigenvalue weighted by molar-refractivity contribution is 7.10. The predicted octanol–water partition coefficient (Wildman–Crippen LogP) is 4.49. The lowest BCUT2D eigenvalue weighted by Crippen LogP contribution is -2.56. The van der Waals surface area contributed by atoms with Crippen molar-refractivity contribution in [2.45, 2.75) is 19.9 Å². The molecule has 0 bridgehead atoms. The van der Waals surface area contributed by atoms with Gasteiger partial charge in [0.2, 0.25) is 5.91 Å². The quantitative estimate of drug-likeness (QED) is 0.641. The summed E-state index contributed by atoms with van der Waals surface area (Å²) in [6.07, 6.45) is 0. The zero-order valence-corrected chi connectivity index (χ0v) is 17.4. The summed E-state index contributed by atoms with van der Waals surface area (Å²) in [6, 6.07) is 16.3. The Morgan fingerprint density at radius 1 is 1.00 bits per heavy atom. The van der Waals surface area contributed by atoms with Crippen LogP contribution in [0, 0.1) is 13.8 Å². The minimum absolute atomic E-state index is 0.0333. The number of piperazine rings is 1. The number of methoxy groups -OCH3 is 1. The molecule has 148 valence electrons. The molecule has 3 aromatic rings. The highest BCUT2D eigenvalue weighted by Gasteiger charge is 2.43. The summed E-state index contributed by atoms with van der Waals surface area (Å²) in [7, 11) is 1.56. The van der Waals surface area contributed by atoms with E-state index in [-0.39, 0.29) is 18.4 Å². The van der Waals surface area contributed by atoms with Crippen LogP contribution in [0.25, 0.3) is 0 Å². The van der Waals surface area contributed by atoms with E-state index in [1.54, 1.807) is 18.1 Å². The summed E-state index contributed by atoms with van der Waals surface area (Å²) < 4.78 is 5.44. The van der Waals surface area contributed by atoms with E-state index in [2.05, 4.69) is 0 Å². The fourth-order valence-electron chi connectivity index (χ4n) is 3.79. The molecule has 4 rings (SSSR count). The van der Waals surface area contributed by atoms with E-state index in [9.17, 15) is 9.59 Å². The summed E-state index contributed by atoms with van der Waals surface area (Å²) in [5.41, 5.74) is 3.46. The first-order valence-electron chi connectivity index (χ1n) is 9.38. The Balaban J connectivity index is 1.83. The van der Waals surface area contributed by atoms with Crippen LogP contribution in [0.15, 0.2) is 60.0 Å². The van der Waals surface area contributed by atoms with E-state index >= 15 is 0 Å². The lowest BCUT2D eigenvalue weighted by molar-refractivity contribution is -0.128. The van der Waals surface area contributed by atoms with Crippen LogP contribution in [0.5, 0.6) is 5.75 Å². The standard InChI is InChI=1S/C23H22N2O3S/c1-15-10-11-17(16(2)13-15)25-21(26)14-24(18-7-4-5-8-19(18)28-3)23(27)22(25)20-9-6-12-29-20/h4-13,22H,14H2,1-3H3/t22-/m0/s1. The highest BCUT2D eigenvalue weighted by atomic mass is 32.1. The molecular weight excluding hydrogens is 384 g/mol. The highest BCUT2D eigenvalue weighted by Crippen LogP contribution is 2.39. The van der Waals surface area contributed by atoms with Crippen molar-refractivity contribution in [1.82, 2.24) is 0 Å². The summed E-state index contributed by atoms with van der Waals surface area (Å²) in [5, 5.41) is 1.93. The number of hydrogen-bond donors (Lipinski definition) is 0. The number of carbonyl (C=O) groups is 2. The molecule has 1 aliphatic rings. The van der Waals surface area contributed by atoms with Gasteiger partial charge in [-0.05, 0) is 49.1 Å². The van der Waals surface area contributed by atoms with E-state index in [0.29, 0.717) is 11.4 Å². The number of para-hydroxylation sites is 2. The number of thiophene rings is 1. The van der Waals surface area contributed by atoms with Gasteiger partial charge in [-0.25, -0.2) is 0 Å². The number of rotatable bonds is 4. The van der Waals surface area contributed by atoms with Crippen LogP contribution < -0.4 is 14.5 Å². The first-order chi connectivity index (χ1) is 14.0. The van der Waals surface area contributed by atoms with E-state index < -0.39 is 6.04 Å². The zero-order valence-electron chi connectivity index (χ0n) is 16.6. The molecule has 6 heteroatoms. The second-order valence-corrected chi connectivity index (χ2v) is 8.05. The van der Waals surface area contributed by atoms with Crippen LogP contribution in [-0.2, 0) is 9.59 Å². The molecule has 1 aromatic heterocycles. The summed E-state index contributed by atoms with van der Waals surface area (Å²) in [5.74, 6) is 0.302. The third kappa shape index (κ3) is 3.40. The normalized spacial score (nSPS) is 17.0. The fraction of sp³-hybridized carbons (Fsp3) is 0.217. The molecule has 0 radical (unpaired) electrons. The van der Waals surface area contributed by atoms with Crippen molar-refractivity contribution in [3.8, 4) is 5.75 Å². The number of amides is 2. The van der Waals surface area contributed by atoms with Crippen molar-refractivity contribution in [3.63, 3.8) is 0 Å². The zero-order chi connectivity index (χ0) is 20.5. The molecule has 0 N–H and O–H groups in total. The smallest absolute Gasteiger partial charge is 0.256 e. The first-order valence-corrected chi connectivity index (χ1v) is 10.3. The predicted molar refractivity (Wildman–Crippen MR) is 116 cm³/mol. The Bertz CT molecular complexity index is 1060. The van der Waals surface area contributed by atoms with Crippen LogP contribution in [0.3, 0.4) is 0 Å². The number of nitrogens with zero attached hydrogens (tertiary/aromatic N) is 2. The molecule has 1 fully saturated rings. The van der Waals surface area contributed by atoms with Gasteiger partial charge in [0.1, 0.15) is 12.3 Å². The third-order valence-corrected chi connectivity index (χ3v) is 6.05. The second-order valence-electron chi connectivity index (χ2n) is 7.07. The number of aryl methyl sites for hydroxylation is 2. The lowest BCUT2D eigenvalue weighted by atomic mass is 10.0. The Kier molecular flexibility index (Phi) is 5.11. The van der Waals surface area contributed by atoms with Gasteiger partial charge >= 0.3 is 0 Å². The van der Waals surface area contributed by atoms with E-state index in [0.717, 1.165) is 21.7 Å². The number of benzene rings is 2. The van der Waals surface area contributed by atoms with Crippen LogP contribution in [0.4, 0.5) is 11.4 Å². The minimum Gasteiger partial charge on any atom is -0.495 e. The summed E-state index contributed by atoms with van der Waals surface area (Å²) in [6.45, 7) is 3.95. The van der Waals surface area contributed by atoms with Gasteiger partial charge in [-0.15, -0.1) is 11.3 Å². The molecule has 5 nitrogen and oxygen atoms in total. The molecule has 0 saturated carbocycles. The van der Waals surface area contributed by atoms with Crippen molar-refractivity contribution in [3.05, 3.63) is 76.0 Å². The Labute approximate surface area is 174 Å². The summed E-state index contributed by atoms with van der Waals surface area (Å²) in [4.78, 5) is 31.1. The SMILES string of the molecule is COc1ccccc1N1CC(=O)N(c2ccc(C)cc2C)[C@@H](c2cccs2)C1=O. The first kappa shape index (κ1) is 19.2. The molecule has 2 heterocycles. The molecule has 1 aliphatic heterocycles. The third-order valence-electron chi connectivity index (χ3n) is 5.12. The van der Waals surface area contributed by atoms with Crippen molar-refractivity contribution in [1.29, 1.82) is 0 Å². The van der Waals surface area contributed by atoms with Gasteiger partial charge in [0.15, 0.2) is 6.04 Å². The van der Waals surface area contributed by atoms with E-state index in [4.69, 9.17) is 4.74 Å². The Morgan fingerprint density at radius 2 is 1.79 bits per heavy atom. The number of ether oxygens (including phenoxy) is 1. The topological polar surface area (TPSA) is 49.9 Å².